The van der Waals surface area contributed by atoms with E-state index < -0.39 is 16.6 Å². The lowest BCUT2D eigenvalue weighted by Crippen LogP contribution is -2.48. The van der Waals surface area contributed by atoms with E-state index >= 15 is 0 Å². The minimum atomic E-state index is -1.88. The summed E-state index contributed by atoms with van der Waals surface area (Å²) in [4.78, 5) is 11.0. The van der Waals surface area contributed by atoms with Crippen molar-refractivity contribution in [2.45, 2.75) is 91.3 Å². The molecule has 0 aliphatic carbocycles. The highest BCUT2D eigenvalue weighted by atomic mass is 28.4. The van der Waals surface area contributed by atoms with Crippen molar-refractivity contribution in [3.05, 3.63) is 18.0 Å². The molecule has 1 aromatic heterocycles. The lowest BCUT2D eigenvalue weighted by atomic mass is 9.93. The zero-order valence-electron chi connectivity index (χ0n) is 20.0. The molecule has 1 aromatic rings. The van der Waals surface area contributed by atoms with E-state index in [1.165, 1.54) is 0 Å². The van der Waals surface area contributed by atoms with Gasteiger partial charge in [-0.3, -0.25) is 9.48 Å². The van der Waals surface area contributed by atoms with E-state index in [0.29, 0.717) is 25.3 Å². The summed E-state index contributed by atoms with van der Waals surface area (Å²) in [5.41, 5.74) is 0.370. The molecule has 0 saturated heterocycles. The fourth-order valence-corrected chi connectivity index (χ4v) is 4.48. The average Bonchev–Trinajstić information content (AvgIpc) is 2.97. The van der Waals surface area contributed by atoms with E-state index in [2.05, 4.69) is 79.8 Å². The van der Waals surface area contributed by atoms with Gasteiger partial charge < -0.3 is 8.85 Å². The van der Waals surface area contributed by atoms with Crippen LogP contribution in [-0.2, 0) is 15.4 Å². The normalized spacial score (nSPS) is 14.4. The molecular weight excluding hydrogens is 384 g/mol. The number of aldehydes is 1. The molecule has 1 heterocycles. The van der Waals surface area contributed by atoms with Gasteiger partial charge in [0.15, 0.2) is 22.9 Å². The van der Waals surface area contributed by atoms with Crippen LogP contribution in [0.1, 0.15) is 58.8 Å². The van der Waals surface area contributed by atoms with Crippen LogP contribution < -0.4 is 0 Å². The van der Waals surface area contributed by atoms with Gasteiger partial charge in [-0.25, -0.2) is 0 Å². The van der Waals surface area contributed by atoms with E-state index in [-0.39, 0.29) is 15.5 Å². The highest BCUT2D eigenvalue weighted by Gasteiger charge is 2.42. The topological polar surface area (TPSA) is 53.4 Å². The van der Waals surface area contributed by atoms with Crippen molar-refractivity contribution in [1.82, 2.24) is 9.78 Å². The summed E-state index contributed by atoms with van der Waals surface area (Å²) in [5.74, 6) is 0. The Balaban J connectivity index is 3.03. The molecule has 0 aromatic carbocycles. The summed E-state index contributed by atoms with van der Waals surface area (Å²) in [5, 5.41) is 4.67. The minimum Gasteiger partial charge on any atom is -0.416 e. The number of rotatable bonds is 9. The quantitative estimate of drug-likeness (QED) is 0.373. The molecule has 0 amide bonds. The zero-order chi connectivity index (χ0) is 22.0. The Labute approximate surface area is 174 Å². The van der Waals surface area contributed by atoms with E-state index in [9.17, 15) is 4.79 Å². The van der Waals surface area contributed by atoms with Gasteiger partial charge in [0.05, 0.1) is 18.3 Å². The molecule has 162 valence electrons. The molecule has 5 nitrogen and oxygen atoms in total. The van der Waals surface area contributed by atoms with Crippen LogP contribution in [0.5, 0.6) is 0 Å². The maximum absolute atomic E-state index is 11.0. The van der Waals surface area contributed by atoms with Gasteiger partial charge in [0.2, 0.25) is 0 Å². The number of aromatic nitrogens is 2. The molecule has 0 radical (unpaired) electrons. The Morgan fingerprint density at radius 1 is 0.929 bits per heavy atom. The first-order valence-corrected chi connectivity index (χ1v) is 16.0. The lowest BCUT2D eigenvalue weighted by Gasteiger charge is -2.42. The van der Waals surface area contributed by atoms with Gasteiger partial charge >= 0.3 is 0 Å². The number of hydrogen-bond donors (Lipinski definition) is 0. The van der Waals surface area contributed by atoms with Crippen LogP contribution in [-0.4, -0.2) is 45.9 Å². The van der Waals surface area contributed by atoms with Crippen molar-refractivity contribution in [3.63, 3.8) is 0 Å². The third kappa shape index (κ3) is 6.64. The highest BCUT2D eigenvalue weighted by Crippen LogP contribution is 2.40. The summed E-state index contributed by atoms with van der Waals surface area (Å²) in [6.45, 7) is 26.8. The van der Waals surface area contributed by atoms with E-state index in [0.717, 1.165) is 6.29 Å². The average molecular weight is 427 g/mol. The van der Waals surface area contributed by atoms with Crippen LogP contribution in [0.15, 0.2) is 12.4 Å². The summed E-state index contributed by atoms with van der Waals surface area (Å²) < 4.78 is 15.0. The third-order valence-corrected chi connectivity index (χ3v) is 15.5. The third-order valence-electron chi connectivity index (χ3n) is 6.51. The molecule has 0 bridgehead atoms. The van der Waals surface area contributed by atoms with Gasteiger partial charge in [0, 0.05) is 24.8 Å². The highest BCUT2D eigenvalue weighted by molar-refractivity contribution is 6.74. The summed E-state index contributed by atoms with van der Waals surface area (Å²) in [7, 11) is -3.75. The summed E-state index contributed by atoms with van der Waals surface area (Å²) >= 11 is 0. The van der Waals surface area contributed by atoms with Gasteiger partial charge in [0.1, 0.15) is 0 Å². The van der Waals surface area contributed by atoms with Crippen LogP contribution in [0.2, 0.25) is 36.3 Å². The predicted octanol–water partition coefficient (Wildman–Crippen LogP) is 5.75. The molecular formula is C21H42N2O3Si2. The van der Waals surface area contributed by atoms with Gasteiger partial charge in [-0.2, -0.15) is 5.10 Å². The van der Waals surface area contributed by atoms with Crippen molar-refractivity contribution in [1.29, 1.82) is 0 Å². The predicted molar refractivity (Wildman–Crippen MR) is 122 cm³/mol. The first-order valence-electron chi connectivity index (χ1n) is 10.2. The van der Waals surface area contributed by atoms with Gasteiger partial charge in [-0.05, 0) is 36.3 Å². The Kier molecular flexibility index (Phi) is 7.70. The fourth-order valence-electron chi connectivity index (χ4n) is 2.19. The molecule has 28 heavy (non-hydrogen) atoms. The maximum atomic E-state index is 11.0. The zero-order valence-corrected chi connectivity index (χ0v) is 22.0. The Bertz CT molecular complexity index is 625. The van der Waals surface area contributed by atoms with Crippen LogP contribution in [0, 0.1) is 5.41 Å². The number of carbonyl (C=O) groups is 1. The second kappa shape index (κ2) is 8.54. The number of hydrogen-bond acceptors (Lipinski definition) is 4. The summed E-state index contributed by atoms with van der Waals surface area (Å²) in [6, 6.07) is 0. The van der Waals surface area contributed by atoms with Gasteiger partial charge in [-0.1, -0.05) is 48.5 Å². The van der Waals surface area contributed by atoms with Gasteiger partial charge in [-0.15, -0.1) is 0 Å². The Hall–Kier alpha value is -0.766. The van der Waals surface area contributed by atoms with Crippen LogP contribution in [0.25, 0.3) is 0 Å². The monoisotopic (exact) mass is 426 g/mol. The van der Waals surface area contributed by atoms with Crippen molar-refractivity contribution in [2.24, 2.45) is 5.41 Å². The van der Waals surface area contributed by atoms with Crippen LogP contribution >= 0.6 is 0 Å². The second-order valence-corrected chi connectivity index (χ2v) is 21.1. The molecule has 0 unspecified atom stereocenters. The van der Waals surface area contributed by atoms with E-state index in [1.807, 2.05) is 4.68 Å². The minimum absolute atomic E-state index is 0.157. The molecule has 0 aliphatic heterocycles. The fraction of sp³-hybridized carbons (Fsp3) is 0.810. The molecule has 0 fully saturated rings. The molecule has 0 N–H and O–H groups in total. The maximum Gasteiger partial charge on any atom is 0.192 e. The molecule has 1 rings (SSSR count). The van der Waals surface area contributed by atoms with Crippen LogP contribution in [0.4, 0.5) is 0 Å². The molecule has 0 atom stereocenters. The van der Waals surface area contributed by atoms with Crippen molar-refractivity contribution >= 4 is 22.9 Å². The Morgan fingerprint density at radius 2 is 1.36 bits per heavy atom. The Morgan fingerprint density at radius 3 is 1.68 bits per heavy atom. The first kappa shape index (κ1) is 25.3. The molecule has 7 heteroatoms. The smallest absolute Gasteiger partial charge is 0.192 e. The summed E-state index contributed by atoms with van der Waals surface area (Å²) in [6.07, 6.45) is 4.24. The first-order chi connectivity index (χ1) is 12.4. The molecule has 0 saturated carbocycles. The SMILES string of the molecule is CC(CO[Si](C)(C)C(C)(C)C)(CO[Si](C)(C)C(C)(C)C)Cn1cc(C=O)cn1. The molecule has 0 aliphatic rings. The number of nitrogens with zero attached hydrogens (tertiary/aromatic N) is 2. The second-order valence-electron chi connectivity index (χ2n) is 11.5. The van der Waals surface area contributed by atoms with E-state index in [1.54, 1.807) is 12.4 Å². The van der Waals surface area contributed by atoms with E-state index in [4.69, 9.17) is 8.85 Å². The number of carbonyl (C=O) groups excluding carboxylic acids is 1. The van der Waals surface area contributed by atoms with Crippen molar-refractivity contribution in [3.8, 4) is 0 Å². The van der Waals surface area contributed by atoms with Crippen LogP contribution in [0.3, 0.4) is 0 Å². The van der Waals surface area contributed by atoms with Gasteiger partial charge in [0.25, 0.3) is 0 Å². The lowest BCUT2D eigenvalue weighted by molar-refractivity contribution is 0.0619. The van der Waals surface area contributed by atoms with Crippen molar-refractivity contribution in [2.75, 3.05) is 13.2 Å². The standard InChI is InChI=1S/C21H42N2O3Si2/c1-19(2,3)27(8,9)25-16-21(7,15-23-13-18(14-24)12-22-23)17-26-28(10,11)20(4,5)6/h12-14H,15-17H2,1-11H3. The largest absolute Gasteiger partial charge is 0.416 e. The van der Waals surface area contributed by atoms with Crippen molar-refractivity contribution < 1.29 is 13.6 Å². The molecule has 0 spiro atoms.